The van der Waals surface area contributed by atoms with E-state index in [1.54, 1.807) is 0 Å². The zero-order chi connectivity index (χ0) is 23.8. The van der Waals surface area contributed by atoms with Crippen LogP contribution >= 0.6 is 0 Å². The summed E-state index contributed by atoms with van der Waals surface area (Å²) in [5.41, 5.74) is 1.40. The Balaban J connectivity index is 1.16. The van der Waals surface area contributed by atoms with Crippen molar-refractivity contribution < 1.29 is 9.53 Å². The van der Waals surface area contributed by atoms with Crippen molar-refractivity contribution >= 4 is 5.97 Å². The highest BCUT2D eigenvalue weighted by molar-refractivity contribution is 5.75. The molecule has 1 N–H and O–H groups in total. The molecule has 0 radical (unpaired) electrons. The number of ether oxygens (including phenoxy) is 1. The molecule has 3 heteroatoms. The maximum atomic E-state index is 12.8. The minimum absolute atomic E-state index is 0.000334. The van der Waals surface area contributed by atoms with Gasteiger partial charge in [-0.05, 0) is 113 Å². The maximum absolute atomic E-state index is 12.8. The first-order valence-corrected chi connectivity index (χ1v) is 14.6. The second kappa shape index (κ2) is 13.1. The van der Waals surface area contributed by atoms with Gasteiger partial charge in [-0.25, -0.2) is 0 Å². The van der Waals surface area contributed by atoms with Gasteiger partial charge in [0.15, 0.2) is 0 Å². The number of carbonyl (C=O) groups excluding carboxylic acids is 1. The Labute approximate surface area is 208 Å². The lowest BCUT2D eigenvalue weighted by Crippen LogP contribution is -2.30. The number of esters is 1. The van der Waals surface area contributed by atoms with E-state index in [1.165, 1.54) is 95.5 Å². The molecular formula is C31H49NO2. The van der Waals surface area contributed by atoms with E-state index in [9.17, 15) is 4.79 Å². The maximum Gasteiger partial charge on any atom is 0.314 e. The van der Waals surface area contributed by atoms with Crippen molar-refractivity contribution in [2.24, 2.45) is 23.7 Å². The summed E-state index contributed by atoms with van der Waals surface area (Å²) >= 11 is 0. The summed E-state index contributed by atoms with van der Waals surface area (Å²) in [6.45, 7) is 2.30. The average molecular weight is 468 g/mol. The number of hydrogen-bond donors (Lipinski definition) is 1. The van der Waals surface area contributed by atoms with Crippen molar-refractivity contribution in [3.63, 3.8) is 0 Å². The van der Waals surface area contributed by atoms with Gasteiger partial charge in [0.2, 0.25) is 0 Å². The molecule has 0 bridgehead atoms. The molecule has 0 unspecified atom stereocenters. The van der Waals surface area contributed by atoms with Gasteiger partial charge in [0.05, 0.1) is 5.92 Å². The third-order valence-corrected chi connectivity index (χ3v) is 9.58. The molecule has 3 aliphatic rings. The topological polar surface area (TPSA) is 38.3 Å². The van der Waals surface area contributed by atoms with Crippen LogP contribution in [0, 0.1) is 23.7 Å². The predicted octanol–water partition coefficient (Wildman–Crippen LogP) is 8.03. The van der Waals surface area contributed by atoms with Crippen LogP contribution in [0.1, 0.15) is 121 Å². The summed E-state index contributed by atoms with van der Waals surface area (Å²) in [5, 5.41) is 3.41. The summed E-state index contributed by atoms with van der Waals surface area (Å²) in [6, 6.07) is 9.08. The smallest absolute Gasteiger partial charge is 0.314 e. The third-order valence-electron chi connectivity index (χ3n) is 9.58. The number of benzene rings is 1. The van der Waals surface area contributed by atoms with Crippen LogP contribution in [0.25, 0.3) is 0 Å². The molecule has 0 amide bonds. The Morgan fingerprint density at radius 3 is 2.03 bits per heavy atom. The van der Waals surface area contributed by atoms with Crippen molar-refractivity contribution in [2.75, 3.05) is 7.05 Å². The van der Waals surface area contributed by atoms with Gasteiger partial charge in [-0.3, -0.25) is 4.79 Å². The van der Waals surface area contributed by atoms with Crippen molar-refractivity contribution in [3.8, 4) is 5.75 Å². The van der Waals surface area contributed by atoms with E-state index in [0.29, 0.717) is 12.0 Å². The van der Waals surface area contributed by atoms with Crippen LogP contribution in [0.3, 0.4) is 0 Å². The Morgan fingerprint density at radius 2 is 1.44 bits per heavy atom. The molecule has 3 aliphatic carbocycles. The van der Waals surface area contributed by atoms with Crippen LogP contribution in [-0.2, 0) is 4.79 Å². The molecule has 1 aromatic carbocycles. The lowest BCUT2D eigenvalue weighted by molar-refractivity contribution is -0.140. The molecule has 3 nitrogen and oxygen atoms in total. The summed E-state index contributed by atoms with van der Waals surface area (Å²) in [5.74, 6) is 4.22. The van der Waals surface area contributed by atoms with Gasteiger partial charge in [-0.1, -0.05) is 57.6 Å². The molecule has 4 rings (SSSR count). The van der Waals surface area contributed by atoms with Gasteiger partial charge >= 0.3 is 5.97 Å². The molecule has 0 heterocycles. The standard InChI is InChI=1S/C31H49NO2/c1-3-4-5-6-23-7-9-24(10-8-23)25-11-13-28(14-12-25)31(33)34-30-21-17-27(18-22-30)26-15-19-29(32-2)20-16-26/h17-18,21-26,28-29,32H,3-16,19-20H2,1-2H3. The molecule has 34 heavy (non-hydrogen) atoms. The highest BCUT2D eigenvalue weighted by Gasteiger charge is 2.33. The Bertz CT molecular complexity index is 720. The van der Waals surface area contributed by atoms with E-state index in [1.807, 2.05) is 12.1 Å². The van der Waals surface area contributed by atoms with E-state index in [0.717, 1.165) is 36.3 Å². The van der Waals surface area contributed by atoms with Crippen LogP contribution in [0.2, 0.25) is 0 Å². The average Bonchev–Trinajstić information content (AvgIpc) is 2.90. The largest absolute Gasteiger partial charge is 0.426 e. The molecule has 3 fully saturated rings. The van der Waals surface area contributed by atoms with E-state index in [4.69, 9.17) is 4.74 Å². The lowest BCUT2D eigenvalue weighted by atomic mass is 9.68. The Hall–Kier alpha value is -1.35. The fraction of sp³-hybridized carbons (Fsp3) is 0.774. The van der Waals surface area contributed by atoms with Crippen molar-refractivity contribution in [1.29, 1.82) is 0 Å². The van der Waals surface area contributed by atoms with Gasteiger partial charge in [-0.15, -0.1) is 0 Å². The summed E-state index contributed by atoms with van der Waals surface area (Å²) in [7, 11) is 2.07. The van der Waals surface area contributed by atoms with Gasteiger partial charge in [0.25, 0.3) is 0 Å². The monoisotopic (exact) mass is 467 g/mol. The molecule has 190 valence electrons. The molecule has 0 spiro atoms. The Kier molecular flexibility index (Phi) is 9.91. The first kappa shape index (κ1) is 25.7. The van der Waals surface area contributed by atoms with Crippen molar-refractivity contribution in [3.05, 3.63) is 29.8 Å². The quantitative estimate of drug-likeness (QED) is 0.227. The summed E-state index contributed by atoms with van der Waals surface area (Å²) in [4.78, 5) is 12.8. The highest BCUT2D eigenvalue weighted by Crippen LogP contribution is 2.42. The van der Waals surface area contributed by atoms with Crippen molar-refractivity contribution in [1.82, 2.24) is 5.32 Å². The molecule has 0 aromatic heterocycles. The summed E-state index contributed by atoms with van der Waals surface area (Å²) in [6.07, 6.45) is 20.9. The molecular weight excluding hydrogens is 418 g/mol. The minimum atomic E-state index is 0.000334. The normalized spacial score (nSPS) is 32.3. The zero-order valence-corrected chi connectivity index (χ0v) is 21.9. The fourth-order valence-corrected chi connectivity index (χ4v) is 7.18. The van der Waals surface area contributed by atoms with Gasteiger partial charge in [0.1, 0.15) is 5.75 Å². The molecule has 0 aliphatic heterocycles. The second-order valence-corrected chi connectivity index (χ2v) is 11.7. The number of hydrogen-bond acceptors (Lipinski definition) is 3. The Morgan fingerprint density at radius 1 is 0.824 bits per heavy atom. The van der Waals surface area contributed by atoms with E-state index < -0.39 is 0 Å². The third kappa shape index (κ3) is 7.09. The van der Waals surface area contributed by atoms with Crippen LogP contribution < -0.4 is 10.1 Å². The predicted molar refractivity (Wildman–Crippen MR) is 141 cm³/mol. The van der Waals surface area contributed by atoms with Gasteiger partial charge < -0.3 is 10.1 Å². The molecule has 0 atom stereocenters. The highest BCUT2D eigenvalue weighted by atomic mass is 16.5. The van der Waals surface area contributed by atoms with E-state index in [2.05, 4.69) is 31.4 Å². The molecule has 0 saturated heterocycles. The SMILES string of the molecule is CCCCCC1CCC(C2CCC(C(=O)Oc3ccc(C4CCC(NC)CC4)cc3)CC2)CC1. The fourth-order valence-electron chi connectivity index (χ4n) is 7.18. The number of rotatable bonds is 9. The molecule has 1 aromatic rings. The summed E-state index contributed by atoms with van der Waals surface area (Å²) < 4.78 is 5.82. The molecule has 3 saturated carbocycles. The van der Waals surface area contributed by atoms with Crippen LogP contribution in [0.4, 0.5) is 0 Å². The lowest BCUT2D eigenvalue weighted by Gasteiger charge is -2.37. The van der Waals surface area contributed by atoms with Crippen LogP contribution in [0.15, 0.2) is 24.3 Å². The van der Waals surface area contributed by atoms with Gasteiger partial charge in [0, 0.05) is 6.04 Å². The number of unbranched alkanes of at least 4 members (excludes halogenated alkanes) is 2. The van der Waals surface area contributed by atoms with E-state index in [-0.39, 0.29) is 11.9 Å². The van der Waals surface area contributed by atoms with Crippen LogP contribution in [-0.4, -0.2) is 19.1 Å². The van der Waals surface area contributed by atoms with Gasteiger partial charge in [-0.2, -0.15) is 0 Å². The number of carbonyl (C=O) groups is 1. The van der Waals surface area contributed by atoms with Crippen LogP contribution in [0.5, 0.6) is 5.75 Å². The number of nitrogens with one attached hydrogen (secondary N) is 1. The minimum Gasteiger partial charge on any atom is -0.426 e. The van der Waals surface area contributed by atoms with Crippen molar-refractivity contribution in [2.45, 2.75) is 122 Å². The van der Waals surface area contributed by atoms with E-state index >= 15 is 0 Å². The first-order chi connectivity index (χ1) is 16.7. The first-order valence-electron chi connectivity index (χ1n) is 14.6. The second-order valence-electron chi connectivity index (χ2n) is 11.7. The zero-order valence-electron chi connectivity index (χ0n) is 21.9.